The van der Waals surface area contributed by atoms with Crippen molar-refractivity contribution in [1.82, 2.24) is 0 Å². The maximum atomic E-state index is 11.6. The lowest BCUT2D eigenvalue weighted by Gasteiger charge is -2.13. The zero-order valence-electron chi connectivity index (χ0n) is 13.1. The Morgan fingerprint density at radius 2 is 2.26 bits per heavy atom. The van der Waals surface area contributed by atoms with E-state index in [0.717, 1.165) is 21.8 Å². The number of nitrogens with zero attached hydrogens (tertiary/aromatic N) is 1. The minimum Gasteiger partial charge on any atom is -0.454 e. The lowest BCUT2D eigenvalue weighted by molar-refractivity contribution is -0.138. The zero-order chi connectivity index (χ0) is 16.6. The topological polar surface area (TPSA) is 73.1 Å². The second kappa shape index (κ2) is 6.33. The van der Waals surface area contributed by atoms with Gasteiger partial charge in [0.25, 0.3) is 0 Å². The number of oxime groups is 1. The van der Waals surface area contributed by atoms with E-state index in [2.05, 4.69) is 26.4 Å². The molecule has 2 heterocycles. The van der Waals surface area contributed by atoms with Crippen molar-refractivity contribution >= 4 is 44.6 Å². The monoisotopic (exact) mass is 380 g/mol. The summed E-state index contributed by atoms with van der Waals surface area (Å²) in [6.07, 6.45) is 0.331. The molecular weight excluding hydrogens is 364 g/mol. The highest BCUT2D eigenvalue weighted by molar-refractivity contribution is 9.10. The molecule has 2 unspecified atom stereocenters. The van der Waals surface area contributed by atoms with Gasteiger partial charge < -0.3 is 19.3 Å². The van der Waals surface area contributed by atoms with Gasteiger partial charge in [-0.25, -0.2) is 0 Å². The summed E-state index contributed by atoms with van der Waals surface area (Å²) in [5, 5.41) is 7.87. The van der Waals surface area contributed by atoms with Gasteiger partial charge in [0.2, 0.25) is 6.29 Å². The van der Waals surface area contributed by atoms with E-state index in [1.807, 2.05) is 33.0 Å². The fraction of sp³-hybridized carbons (Fsp3) is 0.375. The summed E-state index contributed by atoms with van der Waals surface area (Å²) in [7, 11) is 1.82. The van der Waals surface area contributed by atoms with Crippen molar-refractivity contribution < 1.29 is 18.8 Å². The molecule has 122 valence electrons. The van der Waals surface area contributed by atoms with Crippen molar-refractivity contribution in [1.29, 1.82) is 0 Å². The Morgan fingerprint density at radius 1 is 1.48 bits per heavy atom. The van der Waals surface area contributed by atoms with Crippen LogP contribution in [0.4, 0.5) is 5.69 Å². The minimum atomic E-state index is -0.456. The van der Waals surface area contributed by atoms with Crippen molar-refractivity contribution in [2.75, 3.05) is 19.0 Å². The third-order valence-corrected chi connectivity index (χ3v) is 4.52. The number of anilines is 1. The Kier molecular flexibility index (Phi) is 4.41. The van der Waals surface area contributed by atoms with Crippen LogP contribution in [-0.4, -0.2) is 31.9 Å². The number of aldehydes is 1. The molecule has 0 saturated carbocycles. The first-order valence-corrected chi connectivity index (χ1v) is 8.14. The SMILES string of the molecule is CCOC1ON=C(c2oc3cc(NC)c(Br)cc3c2C=O)C1C. The standard InChI is InChI=1S/C16H17BrN2O4/c1-4-21-16-8(2)14(19-23-16)15-10(7-20)9-5-11(17)12(18-3)6-13(9)22-15/h5-8,16,18H,4H2,1-3H3. The van der Waals surface area contributed by atoms with Gasteiger partial charge in [-0.1, -0.05) is 12.1 Å². The molecule has 1 aromatic heterocycles. The maximum absolute atomic E-state index is 11.6. The normalized spacial score (nSPS) is 20.4. The van der Waals surface area contributed by atoms with Gasteiger partial charge >= 0.3 is 0 Å². The number of furan rings is 1. The summed E-state index contributed by atoms with van der Waals surface area (Å²) >= 11 is 3.48. The average Bonchev–Trinajstić information content (AvgIpc) is 3.07. The summed E-state index contributed by atoms with van der Waals surface area (Å²) < 4.78 is 12.3. The number of benzene rings is 1. The molecule has 6 nitrogen and oxygen atoms in total. The largest absolute Gasteiger partial charge is 0.454 e. The van der Waals surface area contributed by atoms with Crippen LogP contribution in [0.15, 0.2) is 26.2 Å². The van der Waals surface area contributed by atoms with Gasteiger partial charge in [0.05, 0.1) is 17.2 Å². The zero-order valence-corrected chi connectivity index (χ0v) is 14.6. The average molecular weight is 381 g/mol. The van der Waals surface area contributed by atoms with Gasteiger partial charge in [0, 0.05) is 29.6 Å². The van der Waals surface area contributed by atoms with E-state index in [0.29, 0.717) is 29.2 Å². The number of rotatable bonds is 5. The molecule has 0 fully saturated rings. The van der Waals surface area contributed by atoms with Crippen molar-refractivity contribution in [3.05, 3.63) is 27.9 Å². The predicted octanol–water partition coefficient (Wildman–Crippen LogP) is 3.78. The number of carbonyl (C=O) groups excluding carboxylic acids is 1. The predicted molar refractivity (Wildman–Crippen MR) is 91.0 cm³/mol. The smallest absolute Gasteiger partial charge is 0.235 e. The van der Waals surface area contributed by atoms with E-state index in [4.69, 9.17) is 14.0 Å². The number of carbonyl (C=O) groups is 1. The van der Waals surface area contributed by atoms with Crippen LogP contribution in [0.3, 0.4) is 0 Å². The molecule has 1 aliphatic rings. The Hall–Kier alpha value is -1.86. The number of fused-ring (bicyclic) bond motifs is 1. The van der Waals surface area contributed by atoms with Crippen LogP contribution in [0.5, 0.6) is 0 Å². The van der Waals surface area contributed by atoms with Crippen molar-refractivity contribution in [2.45, 2.75) is 20.1 Å². The maximum Gasteiger partial charge on any atom is 0.235 e. The van der Waals surface area contributed by atoms with E-state index >= 15 is 0 Å². The van der Waals surface area contributed by atoms with Crippen LogP contribution in [0.25, 0.3) is 11.0 Å². The Morgan fingerprint density at radius 3 is 2.91 bits per heavy atom. The van der Waals surface area contributed by atoms with Crippen LogP contribution >= 0.6 is 15.9 Å². The first-order valence-electron chi connectivity index (χ1n) is 7.35. The molecule has 0 spiro atoms. The lowest BCUT2D eigenvalue weighted by Crippen LogP contribution is -2.24. The summed E-state index contributed by atoms with van der Waals surface area (Å²) in [4.78, 5) is 16.9. The highest BCUT2D eigenvalue weighted by Gasteiger charge is 2.35. The summed E-state index contributed by atoms with van der Waals surface area (Å²) in [6.45, 7) is 4.35. The van der Waals surface area contributed by atoms with Gasteiger partial charge in [0.1, 0.15) is 11.3 Å². The van der Waals surface area contributed by atoms with E-state index in [1.54, 1.807) is 0 Å². The molecular formula is C16H17BrN2O4. The summed E-state index contributed by atoms with van der Waals surface area (Å²) in [5.41, 5.74) is 2.54. The molecule has 1 aliphatic heterocycles. The molecule has 2 atom stereocenters. The summed E-state index contributed by atoms with van der Waals surface area (Å²) in [5.74, 6) is 0.311. The van der Waals surface area contributed by atoms with Crippen LogP contribution in [-0.2, 0) is 9.57 Å². The van der Waals surface area contributed by atoms with Gasteiger partial charge in [-0.05, 0) is 28.9 Å². The highest BCUT2D eigenvalue weighted by Crippen LogP contribution is 2.35. The fourth-order valence-electron chi connectivity index (χ4n) is 2.63. The number of hydrogen-bond donors (Lipinski definition) is 1. The second-order valence-electron chi connectivity index (χ2n) is 5.24. The lowest BCUT2D eigenvalue weighted by atomic mass is 10.00. The van der Waals surface area contributed by atoms with Crippen LogP contribution < -0.4 is 5.32 Å². The molecule has 0 bridgehead atoms. The minimum absolute atomic E-state index is 0.124. The molecule has 7 heteroatoms. The molecule has 0 radical (unpaired) electrons. The van der Waals surface area contributed by atoms with Crippen molar-refractivity contribution in [3.8, 4) is 0 Å². The van der Waals surface area contributed by atoms with Crippen LogP contribution in [0.1, 0.15) is 30.0 Å². The summed E-state index contributed by atoms with van der Waals surface area (Å²) in [6, 6.07) is 3.70. The molecule has 2 aromatic rings. The highest BCUT2D eigenvalue weighted by atomic mass is 79.9. The van der Waals surface area contributed by atoms with E-state index < -0.39 is 6.29 Å². The molecule has 3 rings (SSSR count). The third kappa shape index (κ3) is 2.64. The fourth-order valence-corrected chi connectivity index (χ4v) is 3.18. The van der Waals surface area contributed by atoms with Crippen LogP contribution in [0.2, 0.25) is 0 Å². The molecule has 0 amide bonds. The van der Waals surface area contributed by atoms with Gasteiger partial charge in [-0.2, -0.15) is 0 Å². The first kappa shape index (κ1) is 16.0. The van der Waals surface area contributed by atoms with E-state index in [-0.39, 0.29) is 5.92 Å². The van der Waals surface area contributed by atoms with E-state index in [9.17, 15) is 4.79 Å². The molecule has 1 aromatic carbocycles. The van der Waals surface area contributed by atoms with Gasteiger partial charge in [-0.3, -0.25) is 4.79 Å². The van der Waals surface area contributed by atoms with Crippen molar-refractivity contribution in [2.24, 2.45) is 11.1 Å². The Balaban J connectivity index is 2.10. The number of nitrogens with one attached hydrogen (secondary N) is 1. The Bertz CT molecular complexity index is 784. The molecule has 23 heavy (non-hydrogen) atoms. The second-order valence-corrected chi connectivity index (χ2v) is 6.09. The molecule has 0 aliphatic carbocycles. The third-order valence-electron chi connectivity index (χ3n) is 3.86. The number of ether oxygens (including phenoxy) is 1. The molecule has 0 saturated heterocycles. The molecule has 1 N–H and O–H groups in total. The number of halogens is 1. The number of hydrogen-bond acceptors (Lipinski definition) is 6. The van der Waals surface area contributed by atoms with Gasteiger partial charge in [0.15, 0.2) is 12.0 Å². The van der Waals surface area contributed by atoms with Crippen molar-refractivity contribution in [3.63, 3.8) is 0 Å². The Labute approximate surface area is 141 Å². The van der Waals surface area contributed by atoms with E-state index in [1.165, 1.54) is 0 Å². The van der Waals surface area contributed by atoms with Crippen LogP contribution in [0, 0.1) is 5.92 Å². The van der Waals surface area contributed by atoms with Gasteiger partial charge in [-0.15, -0.1) is 0 Å². The first-order chi connectivity index (χ1) is 11.1. The quantitative estimate of drug-likeness (QED) is 0.798.